The van der Waals surface area contributed by atoms with Crippen LogP contribution in [0.15, 0.2) is 24.3 Å². The molecule has 170 valence electrons. The predicted octanol–water partition coefficient (Wildman–Crippen LogP) is 1.22. The summed E-state index contributed by atoms with van der Waals surface area (Å²) < 4.78 is 1.06. The van der Waals surface area contributed by atoms with E-state index in [1.54, 1.807) is 12.1 Å². The molecule has 0 aliphatic heterocycles. The third-order valence-electron chi connectivity index (χ3n) is 3.78. The fraction of sp³-hybridized carbons (Fsp3) is 0.421. The van der Waals surface area contributed by atoms with E-state index in [0.717, 1.165) is 16.4 Å². The number of unbranched alkanes of at least 4 members (excludes halogenated alkanes) is 2. The summed E-state index contributed by atoms with van der Waals surface area (Å²) in [4.78, 5) is 61.3. The first-order valence-electron chi connectivity index (χ1n) is 9.23. The van der Waals surface area contributed by atoms with Gasteiger partial charge in [0, 0.05) is 28.6 Å². The molecule has 0 bridgehead atoms. The molecule has 5 N–H and O–H groups in total. The first-order valence-corrected chi connectivity index (χ1v) is 10.3. The Labute approximate surface area is 192 Å². The summed E-state index contributed by atoms with van der Waals surface area (Å²) in [5.41, 5.74) is 0.606. The number of carboxylic acids is 2. The Balaban J connectivity index is 0.00000282. The second-order valence-electron chi connectivity index (χ2n) is 6.13. The zero-order chi connectivity index (χ0) is 23.6. The van der Waals surface area contributed by atoms with Gasteiger partial charge in [0.25, 0.3) is 5.91 Å². The second-order valence-corrected chi connectivity index (χ2v) is 7.38. The van der Waals surface area contributed by atoms with Crippen LogP contribution in [0.25, 0.3) is 0 Å². The van der Waals surface area contributed by atoms with Crippen LogP contribution in [-0.2, 0) is 19.2 Å². The molecule has 1 aromatic rings. The smallest absolute Gasteiger partial charge is 0.373 e. The van der Waals surface area contributed by atoms with Gasteiger partial charge in [-0.2, -0.15) is 9.59 Å². The molecule has 0 aromatic heterocycles. The summed E-state index contributed by atoms with van der Waals surface area (Å²) in [5.74, 6) is -2.53. The highest BCUT2D eigenvalue weighted by Gasteiger charge is 2.20. The van der Waals surface area contributed by atoms with Crippen LogP contribution >= 0.6 is 22.6 Å². The van der Waals surface area contributed by atoms with Crippen LogP contribution in [0.3, 0.4) is 0 Å². The van der Waals surface area contributed by atoms with Gasteiger partial charge in [-0.15, -0.1) is 0 Å². The van der Waals surface area contributed by atoms with Crippen molar-refractivity contribution in [2.24, 2.45) is 0 Å². The minimum atomic E-state index is -1.28. The fourth-order valence-corrected chi connectivity index (χ4v) is 2.63. The van der Waals surface area contributed by atoms with Crippen LogP contribution in [0.5, 0.6) is 0 Å². The fourth-order valence-electron chi connectivity index (χ4n) is 2.27. The summed E-state index contributed by atoms with van der Waals surface area (Å²) in [6.45, 7) is 0.871. The Morgan fingerprint density at radius 3 is 2.00 bits per heavy atom. The number of hydrogen-bond donors (Lipinski definition) is 5. The highest BCUT2D eigenvalue weighted by atomic mass is 127. The van der Waals surface area contributed by atoms with Gasteiger partial charge in [-0.1, -0.05) is 0 Å². The summed E-state index contributed by atoms with van der Waals surface area (Å²) in [6, 6.07) is 5.37. The Hall–Kier alpha value is -2.99. The van der Waals surface area contributed by atoms with Crippen molar-refractivity contribution < 1.29 is 39.0 Å². The van der Waals surface area contributed by atoms with Crippen LogP contribution in [0, 0.1) is 3.57 Å². The summed E-state index contributed by atoms with van der Waals surface area (Å²) >= 11 is 2.17. The Bertz CT molecular complexity index is 764. The van der Waals surface area contributed by atoms with Crippen molar-refractivity contribution in [2.45, 2.75) is 38.1 Å². The first kappa shape index (κ1) is 28.0. The molecule has 12 heteroatoms. The lowest BCUT2D eigenvalue weighted by Gasteiger charge is -2.14. The molecule has 0 fully saturated rings. The Morgan fingerprint density at radius 1 is 0.935 bits per heavy atom. The SMILES string of the molecule is O=C(O)CC[C@H](NC(=O)NCCCCCNC(=O)c1ccc(I)cc1)C(=O)O.O=C=O. The van der Waals surface area contributed by atoms with Gasteiger partial charge in [0.15, 0.2) is 0 Å². The molecule has 1 atom stereocenters. The Kier molecular flexibility index (Phi) is 15.2. The number of carboxylic acid groups (broad SMARTS) is 2. The van der Waals surface area contributed by atoms with Crippen LogP contribution in [0.1, 0.15) is 42.5 Å². The summed E-state index contributed by atoms with van der Waals surface area (Å²) in [6.07, 6.45) is 1.91. The third-order valence-corrected chi connectivity index (χ3v) is 4.50. The number of nitrogens with one attached hydrogen (secondary N) is 3. The zero-order valence-electron chi connectivity index (χ0n) is 16.6. The maximum atomic E-state index is 11.9. The van der Waals surface area contributed by atoms with Gasteiger partial charge in [0.05, 0.1) is 0 Å². The normalized spacial score (nSPS) is 10.5. The van der Waals surface area contributed by atoms with E-state index in [0.29, 0.717) is 25.1 Å². The van der Waals surface area contributed by atoms with Gasteiger partial charge >= 0.3 is 24.1 Å². The minimum Gasteiger partial charge on any atom is -0.481 e. The lowest BCUT2D eigenvalue weighted by molar-refractivity contribution is -0.191. The van der Waals surface area contributed by atoms with Crippen LogP contribution in [0.4, 0.5) is 4.79 Å². The van der Waals surface area contributed by atoms with Gasteiger partial charge in [0.1, 0.15) is 6.04 Å². The molecule has 31 heavy (non-hydrogen) atoms. The van der Waals surface area contributed by atoms with Crippen molar-refractivity contribution in [1.29, 1.82) is 0 Å². The lowest BCUT2D eigenvalue weighted by Crippen LogP contribution is -2.46. The topological polar surface area (TPSA) is 179 Å². The monoisotopic (exact) mass is 549 g/mol. The van der Waals surface area contributed by atoms with E-state index in [9.17, 15) is 19.2 Å². The van der Waals surface area contributed by atoms with Crippen molar-refractivity contribution in [3.63, 3.8) is 0 Å². The van der Waals surface area contributed by atoms with Crippen molar-refractivity contribution in [2.75, 3.05) is 13.1 Å². The maximum absolute atomic E-state index is 11.9. The van der Waals surface area contributed by atoms with Crippen molar-refractivity contribution in [1.82, 2.24) is 16.0 Å². The number of carbonyl (C=O) groups is 4. The average molecular weight is 549 g/mol. The molecular formula is C19H24IN3O8. The van der Waals surface area contributed by atoms with Gasteiger partial charge in [0.2, 0.25) is 0 Å². The zero-order valence-corrected chi connectivity index (χ0v) is 18.7. The number of rotatable bonds is 12. The number of aliphatic carboxylic acids is 2. The van der Waals surface area contributed by atoms with Gasteiger partial charge < -0.3 is 26.2 Å². The van der Waals surface area contributed by atoms with Gasteiger partial charge in [-0.25, -0.2) is 9.59 Å². The van der Waals surface area contributed by atoms with Crippen LogP contribution in [-0.4, -0.2) is 59.4 Å². The summed E-state index contributed by atoms with van der Waals surface area (Å²) in [7, 11) is 0. The first-order chi connectivity index (χ1) is 14.7. The van der Waals surface area contributed by atoms with E-state index in [2.05, 4.69) is 38.5 Å². The lowest BCUT2D eigenvalue weighted by atomic mass is 10.1. The molecule has 11 nitrogen and oxygen atoms in total. The number of urea groups is 1. The van der Waals surface area contributed by atoms with E-state index in [1.165, 1.54) is 0 Å². The molecule has 3 amide bonds. The van der Waals surface area contributed by atoms with E-state index in [1.807, 2.05) is 12.1 Å². The maximum Gasteiger partial charge on any atom is 0.373 e. The molecule has 0 spiro atoms. The standard InChI is InChI=1S/C18H24IN3O6.CO2/c19-13-6-4-12(5-7-13)16(25)20-10-2-1-3-11-21-18(28)22-14(17(26)27)8-9-15(23)24;2-1-3/h4-7,14H,1-3,8-11H2,(H,20,25)(H,23,24)(H,26,27)(H2,21,22,28);/t14-;/m0./s1. The highest BCUT2D eigenvalue weighted by molar-refractivity contribution is 14.1. The van der Waals surface area contributed by atoms with Crippen molar-refractivity contribution >= 4 is 52.6 Å². The van der Waals surface area contributed by atoms with Crippen LogP contribution < -0.4 is 16.0 Å². The molecule has 0 radical (unpaired) electrons. The van der Waals surface area contributed by atoms with E-state index in [4.69, 9.17) is 19.8 Å². The molecule has 0 saturated heterocycles. The third kappa shape index (κ3) is 14.6. The molecule has 0 heterocycles. The molecule has 0 unspecified atom stereocenters. The number of benzene rings is 1. The minimum absolute atomic E-state index is 0.130. The largest absolute Gasteiger partial charge is 0.481 e. The van der Waals surface area contributed by atoms with E-state index >= 15 is 0 Å². The summed E-state index contributed by atoms with van der Waals surface area (Å²) in [5, 5.41) is 25.2. The quantitative estimate of drug-likeness (QED) is 0.191. The average Bonchev–Trinajstić information content (AvgIpc) is 2.71. The molecule has 1 aromatic carbocycles. The van der Waals surface area contributed by atoms with Crippen LogP contribution in [0.2, 0.25) is 0 Å². The molecule has 1 rings (SSSR count). The van der Waals surface area contributed by atoms with Gasteiger partial charge in [-0.05, 0) is 72.5 Å². The predicted molar refractivity (Wildman–Crippen MR) is 115 cm³/mol. The number of halogens is 1. The highest BCUT2D eigenvalue weighted by Crippen LogP contribution is 2.06. The second kappa shape index (κ2) is 16.8. The number of amides is 3. The number of hydrogen-bond acceptors (Lipinski definition) is 6. The number of carbonyl (C=O) groups excluding carboxylic acids is 4. The van der Waals surface area contributed by atoms with Crippen molar-refractivity contribution in [3.05, 3.63) is 33.4 Å². The molecule has 0 saturated carbocycles. The van der Waals surface area contributed by atoms with Gasteiger partial charge in [-0.3, -0.25) is 9.59 Å². The Morgan fingerprint density at radius 2 is 1.48 bits per heavy atom. The molecular weight excluding hydrogens is 525 g/mol. The van der Waals surface area contributed by atoms with E-state index in [-0.39, 0.29) is 24.9 Å². The van der Waals surface area contributed by atoms with Crippen molar-refractivity contribution in [3.8, 4) is 0 Å². The molecule has 0 aliphatic rings. The molecule has 0 aliphatic carbocycles. The van der Waals surface area contributed by atoms with E-state index < -0.39 is 24.0 Å².